The summed E-state index contributed by atoms with van der Waals surface area (Å²) in [5.41, 5.74) is 0.908. The number of carbonyl (C=O) groups is 1. The summed E-state index contributed by atoms with van der Waals surface area (Å²) in [5, 5.41) is 5.09. The fourth-order valence-corrected chi connectivity index (χ4v) is 2.96. The predicted molar refractivity (Wildman–Crippen MR) is 84.4 cm³/mol. The third-order valence-corrected chi connectivity index (χ3v) is 4.12. The fourth-order valence-electron chi connectivity index (χ4n) is 1.93. The minimum Gasteiger partial charge on any atom is -0.468 e. The van der Waals surface area contributed by atoms with Crippen molar-refractivity contribution < 1.29 is 9.53 Å². The molecular weight excluding hydrogens is 286 g/mol. The summed E-state index contributed by atoms with van der Waals surface area (Å²) in [6, 6.07) is 7.53. The van der Waals surface area contributed by atoms with Crippen LogP contribution >= 0.6 is 11.8 Å². The van der Waals surface area contributed by atoms with E-state index in [2.05, 4.69) is 22.2 Å². The Labute approximate surface area is 128 Å². The van der Waals surface area contributed by atoms with Crippen molar-refractivity contribution in [2.24, 2.45) is 0 Å². The molecule has 5 nitrogen and oxygen atoms in total. The van der Waals surface area contributed by atoms with Crippen molar-refractivity contribution in [3.05, 3.63) is 30.6 Å². The lowest BCUT2D eigenvalue weighted by atomic mass is 10.2. The van der Waals surface area contributed by atoms with Crippen molar-refractivity contribution in [2.75, 3.05) is 19.4 Å². The van der Waals surface area contributed by atoms with Gasteiger partial charge in [-0.15, -0.1) is 11.8 Å². The number of rotatable bonds is 7. The molecule has 1 unspecified atom stereocenters. The molecular formula is C15H19N3O2S. The van der Waals surface area contributed by atoms with Crippen LogP contribution in [0.2, 0.25) is 0 Å². The molecule has 0 saturated carbocycles. The van der Waals surface area contributed by atoms with Gasteiger partial charge >= 0.3 is 5.97 Å². The molecule has 1 aromatic heterocycles. The van der Waals surface area contributed by atoms with Gasteiger partial charge in [-0.25, -0.2) is 9.97 Å². The van der Waals surface area contributed by atoms with E-state index in [9.17, 15) is 4.79 Å². The Bertz CT molecular complexity index is 601. The molecule has 0 aliphatic rings. The largest absolute Gasteiger partial charge is 0.468 e. The third kappa shape index (κ3) is 4.15. The number of ether oxygens (including phenoxy) is 1. The molecule has 0 saturated heterocycles. The number of benzene rings is 1. The number of nitrogens with zero attached hydrogens (tertiary/aromatic N) is 2. The van der Waals surface area contributed by atoms with Gasteiger partial charge in [-0.05, 0) is 19.0 Å². The van der Waals surface area contributed by atoms with Gasteiger partial charge < -0.3 is 10.1 Å². The van der Waals surface area contributed by atoms with Crippen LogP contribution in [0.1, 0.15) is 13.3 Å². The van der Waals surface area contributed by atoms with Crippen molar-refractivity contribution in [1.29, 1.82) is 0 Å². The summed E-state index contributed by atoms with van der Waals surface area (Å²) in [6.45, 7) is 2.84. The van der Waals surface area contributed by atoms with Gasteiger partial charge in [0, 0.05) is 11.1 Å². The van der Waals surface area contributed by atoms with Crippen LogP contribution in [0.15, 0.2) is 35.6 Å². The van der Waals surface area contributed by atoms with E-state index in [0.717, 1.165) is 28.9 Å². The summed E-state index contributed by atoms with van der Waals surface area (Å²) in [6.07, 6.45) is 2.52. The highest BCUT2D eigenvalue weighted by atomic mass is 32.2. The molecule has 2 rings (SSSR count). The van der Waals surface area contributed by atoms with Crippen LogP contribution in [-0.2, 0) is 9.53 Å². The highest BCUT2D eigenvalue weighted by Crippen LogP contribution is 2.24. The average Bonchev–Trinajstić information content (AvgIpc) is 2.54. The molecule has 2 aromatic rings. The van der Waals surface area contributed by atoms with Crippen molar-refractivity contribution in [3.8, 4) is 0 Å². The molecule has 112 valence electrons. The van der Waals surface area contributed by atoms with Crippen molar-refractivity contribution in [3.63, 3.8) is 0 Å². The van der Waals surface area contributed by atoms with Gasteiger partial charge in [0.25, 0.3) is 0 Å². The number of nitrogens with one attached hydrogen (secondary N) is 1. The lowest BCUT2D eigenvalue weighted by Crippen LogP contribution is -2.40. The predicted octanol–water partition coefficient (Wildman–Crippen LogP) is 2.26. The lowest BCUT2D eigenvalue weighted by Gasteiger charge is -2.15. The maximum Gasteiger partial charge on any atom is 0.323 e. The molecule has 0 aliphatic heterocycles. The summed E-state index contributed by atoms with van der Waals surface area (Å²) >= 11 is 1.54. The Kier molecular flexibility index (Phi) is 5.95. The zero-order chi connectivity index (χ0) is 15.1. The molecule has 0 spiro atoms. The molecule has 21 heavy (non-hydrogen) atoms. The second-order valence-electron chi connectivity index (χ2n) is 4.54. The van der Waals surface area contributed by atoms with Crippen LogP contribution in [0.3, 0.4) is 0 Å². The third-order valence-electron chi connectivity index (χ3n) is 3.02. The van der Waals surface area contributed by atoms with E-state index in [1.807, 2.05) is 24.3 Å². The van der Waals surface area contributed by atoms with Crippen molar-refractivity contribution in [1.82, 2.24) is 15.3 Å². The first-order chi connectivity index (χ1) is 10.3. The normalized spacial score (nSPS) is 12.3. The molecule has 0 radical (unpaired) electrons. The smallest absolute Gasteiger partial charge is 0.323 e. The first-order valence-corrected chi connectivity index (χ1v) is 7.88. The number of aromatic nitrogens is 2. The lowest BCUT2D eigenvalue weighted by molar-refractivity contribution is -0.142. The number of methoxy groups -OCH3 is 1. The highest BCUT2D eigenvalue weighted by molar-refractivity contribution is 7.99. The number of carbonyl (C=O) groups excluding carboxylic acids is 1. The van der Waals surface area contributed by atoms with Gasteiger partial charge in [-0.3, -0.25) is 4.79 Å². The first kappa shape index (κ1) is 15.7. The van der Waals surface area contributed by atoms with Crippen LogP contribution in [0.4, 0.5) is 0 Å². The summed E-state index contributed by atoms with van der Waals surface area (Å²) in [7, 11) is 1.41. The summed E-state index contributed by atoms with van der Waals surface area (Å²) in [4.78, 5) is 20.3. The Morgan fingerprint density at radius 1 is 1.38 bits per heavy atom. The quantitative estimate of drug-likeness (QED) is 0.481. The Morgan fingerprint density at radius 3 is 2.95 bits per heavy atom. The molecule has 1 heterocycles. The SMILES string of the molecule is CCCNC(CSc1ncnc2ccccc12)C(=O)OC. The maximum atomic E-state index is 11.8. The number of esters is 1. The molecule has 0 bridgehead atoms. The summed E-state index contributed by atoms with van der Waals surface area (Å²) < 4.78 is 4.84. The van der Waals surface area contributed by atoms with E-state index >= 15 is 0 Å². The van der Waals surface area contributed by atoms with Crippen LogP contribution in [0.5, 0.6) is 0 Å². The highest BCUT2D eigenvalue weighted by Gasteiger charge is 2.19. The second kappa shape index (κ2) is 7.95. The van der Waals surface area contributed by atoms with E-state index in [0.29, 0.717) is 5.75 Å². The monoisotopic (exact) mass is 305 g/mol. The van der Waals surface area contributed by atoms with Gasteiger partial charge in [0.2, 0.25) is 0 Å². The Hall–Kier alpha value is -1.66. The van der Waals surface area contributed by atoms with Crippen LogP contribution in [0.25, 0.3) is 10.9 Å². The number of para-hydroxylation sites is 1. The van der Waals surface area contributed by atoms with E-state index < -0.39 is 0 Å². The van der Waals surface area contributed by atoms with E-state index in [1.165, 1.54) is 18.9 Å². The number of hydrogen-bond acceptors (Lipinski definition) is 6. The van der Waals surface area contributed by atoms with Crippen LogP contribution in [-0.4, -0.2) is 41.4 Å². The van der Waals surface area contributed by atoms with Crippen molar-refractivity contribution >= 4 is 28.6 Å². The molecule has 1 atom stereocenters. The molecule has 6 heteroatoms. The number of hydrogen-bond donors (Lipinski definition) is 1. The van der Waals surface area contributed by atoms with Crippen molar-refractivity contribution in [2.45, 2.75) is 24.4 Å². The minimum absolute atomic E-state index is 0.241. The van der Waals surface area contributed by atoms with E-state index in [1.54, 1.807) is 6.33 Å². The Morgan fingerprint density at radius 2 is 2.19 bits per heavy atom. The number of fused-ring (bicyclic) bond motifs is 1. The zero-order valence-electron chi connectivity index (χ0n) is 12.2. The zero-order valence-corrected chi connectivity index (χ0v) is 13.0. The molecule has 0 fully saturated rings. The minimum atomic E-state index is -0.325. The van der Waals surface area contributed by atoms with Crippen LogP contribution < -0.4 is 5.32 Å². The first-order valence-electron chi connectivity index (χ1n) is 6.90. The van der Waals surface area contributed by atoms with Gasteiger partial charge in [0.15, 0.2) is 0 Å². The molecule has 0 amide bonds. The van der Waals surface area contributed by atoms with E-state index in [4.69, 9.17) is 4.74 Å². The fraction of sp³-hybridized carbons (Fsp3) is 0.400. The molecule has 1 N–H and O–H groups in total. The van der Waals surface area contributed by atoms with Gasteiger partial charge in [-0.1, -0.05) is 25.1 Å². The van der Waals surface area contributed by atoms with Crippen LogP contribution in [0, 0.1) is 0 Å². The Balaban J connectivity index is 2.10. The summed E-state index contributed by atoms with van der Waals surface area (Å²) in [5.74, 6) is 0.336. The van der Waals surface area contributed by atoms with Gasteiger partial charge in [-0.2, -0.15) is 0 Å². The molecule has 1 aromatic carbocycles. The topological polar surface area (TPSA) is 64.1 Å². The van der Waals surface area contributed by atoms with Gasteiger partial charge in [0.05, 0.1) is 12.6 Å². The maximum absolute atomic E-state index is 11.8. The standard InChI is InChI=1S/C15H19N3O2S/c1-3-8-16-13(15(19)20-2)9-21-14-11-6-4-5-7-12(11)17-10-18-14/h4-7,10,13,16H,3,8-9H2,1-2H3. The molecule has 0 aliphatic carbocycles. The average molecular weight is 305 g/mol. The van der Waals surface area contributed by atoms with Gasteiger partial charge in [0.1, 0.15) is 17.4 Å². The second-order valence-corrected chi connectivity index (χ2v) is 5.55. The van der Waals surface area contributed by atoms with E-state index in [-0.39, 0.29) is 12.0 Å². The number of thioether (sulfide) groups is 1.